The maximum atomic E-state index is 14.8. The van der Waals surface area contributed by atoms with E-state index in [1.165, 1.54) is 0 Å². The predicted molar refractivity (Wildman–Crippen MR) is 124 cm³/mol. The molecule has 0 spiro atoms. The summed E-state index contributed by atoms with van der Waals surface area (Å²) in [6.45, 7) is 9.30. The maximum absolute atomic E-state index is 14.8. The Morgan fingerprint density at radius 3 is 2.33 bits per heavy atom. The molecule has 3 nitrogen and oxygen atoms in total. The van der Waals surface area contributed by atoms with Gasteiger partial charge in [0.1, 0.15) is 23.9 Å². The summed E-state index contributed by atoms with van der Waals surface area (Å²) >= 11 is 0. The quantitative estimate of drug-likeness (QED) is 0.325. The normalized spacial score (nSPS) is 18.6. The fraction of sp³-hybridized carbons (Fsp3) is 0.333. The molecule has 2 aromatic rings. The van der Waals surface area contributed by atoms with Gasteiger partial charge in [-0.05, 0) is 61.8 Å². The predicted octanol–water partition coefficient (Wildman–Crippen LogP) is 6.99. The molecule has 0 aromatic heterocycles. The minimum atomic E-state index is -0.887. The molecule has 0 aliphatic heterocycles. The summed E-state index contributed by atoms with van der Waals surface area (Å²) in [4.78, 5) is 0. The van der Waals surface area contributed by atoms with Gasteiger partial charge in [0.05, 0.1) is 12.7 Å². The Balaban J connectivity index is 1.66. The standard InChI is InChI=1S/C27H29F3O3/c1-4-32-18(3)15-25(28)17(2)16-33-22-11-7-20(8-12-22)24-14-13-23(26(29)27(24)30)19-5-9-21(31)10-6-19/h7-8,11-15,19,21,31H,2-6,9-10,16H2,1H3/b25-15+. The van der Waals surface area contributed by atoms with Crippen LogP contribution in [0.3, 0.4) is 0 Å². The van der Waals surface area contributed by atoms with Gasteiger partial charge < -0.3 is 14.6 Å². The molecular weight excluding hydrogens is 429 g/mol. The molecule has 1 fully saturated rings. The zero-order chi connectivity index (χ0) is 24.0. The third-order valence-electron chi connectivity index (χ3n) is 5.78. The molecular formula is C27H29F3O3. The molecule has 176 valence electrons. The smallest absolute Gasteiger partial charge is 0.166 e. The van der Waals surface area contributed by atoms with Crippen molar-refractivity contribution in [3.63, 3.8) is 0 Å². The van der Waals surface area contributed by atoms with Crippen molar-refractivity contribution in [3.8, 4) is 16.9 Å². The molecule has 33 heavy (non-hydrogen) atoms. The number of benzene rings is 2. The lowest BCUT2D eigenvalue weighted by Crippen LogP contribution is -2.18. The molecule has 0 saturated heterocycles. The first kappa shape index (κ1) is 24.6. The van der Waals surface area contributed by atoms with Crippen LogP contribution in [0.5, 0.6) is 5.75 Å². The van der Waals surface area contributed by atoms with Crippen molar-refractivity contribution in [2.75, 3.05) is 13.2 Å². The lowest BCUT2D eigenvalue weighted by atomic mass is 9.82. The van der Waals surface area contributed by atoms with E-state index in [-0.39, 0.29) is 35.5 Å². The fourth-order valence-corrected chi connectivity index (χ4v) is 3.93. The topological polar surface area (TPSA) is 38.7 Å². The molecule has 0 radical (unpaired) electrons. The minimum Gasteiger partial charge on any atom is -0.494 e. The highest BCUT2D eigenvalue weighted by atomic mass is 19.2. The third-order valence-corrected chi connectivity index (χ3v) is 5.78. The zero-order valence-corrected chi connectivity index (χ0v) is 18.8. The molecule has 6 heteroatoms. The van der Waals surface area contributed by atoms with Gasteiger partial charge in [-0.1, -0.05) is 37.4 Å². The molecule has 0 atom stereocenters. The molecule has 2 aromatic carbocycles. The lowest BCUT2D eigenvalue weighted by Gasteiger charge is -2.26. The van der Waals surface area contributed by atoms with E-state index >= 15 is 0 Å². The van der Waals surface area contributed by atoms with Crippen LogP contribution < -0.4 is 4.74 Å². The number of hydrogen-bond acceptors (Lipinski definition) is 3. The van der Waals surface area contributed by atoms with Gasteiger partial charge in [0.2, 0.25) is 0 Å². The van der Waals surface area contributed by atoms with Crippen molar-refractivity contribution < 1.29 is 27.8 Å². The van der Waals surface area contributed by atoms with Gasteiger partial charge in [-0.15, -0.1) is 0 Å². The van der Waals surface area contributed by atoms with Crippen LogP contribution in [0.4, 0.5) is 13.2 Å². The molecule has 1 aliphatic rings. The number of halogens is 3. The van der Waals surface area contributed by atoms with Crippen LogP contribution >= 0.6 is 0 Å². The van der Waals surface area contributed by atoms with Crippen LogP contribution in [0.15, 0.2) is 72.8 Å². The summed E-state index contributed by atoms with van der Waals surface area (Å²) in [5, 5.41) is 9.65. The van der Waals surface area contributed by atoms with E-state index in [2.05, 4.69) is 13.2 Å². The molecule has 0 heterocycles. The molecule has 1 aliphatic carbocycles. The van der Waals surface area contributed by atoms with Gasteiger partial charge >= 0.3 is 0 Å². The molecule has 1 N–H and O–H groups in total. The Bertz CT molecular complexity index is 1020. The second kappa shape index (κ2) is 11.2. The van der Waals surface area contributed by atoms with E-state index in [1.54, 1.807) is 43.3 Å². The Labute approximate surface area is 192 Å². The average molecular weight is 459 g/mol. The summed E-state index contributed by atoms with van der Waals surface area (Å²) in [5.41, 5.74) is 1.15. The fourth-order valence-electron chi connectivity index (χ4n) is 3.93. The first-order valence-corrected chi connectivity index (χ1v) is 11.1. The van der Waals surface area contributed by atoms with Gasteiger partial charge in [-0.3, -0.25) is 0 Å². The Hall–Kier alpha value is -2.99. The minimum absolute atomic E-state index is 0.0824. The Morgan fingerprint density at radius 2 is 1.70 bits per heavy atom. The number of rotatable bonds is 9. The third kappa shape index (κ3) is 6.29. The Kier molecular flexibility index (Phi) is 8.39. The summed E-state index contributed by atoms with van der Waals surface area (Å²) < 4.78 is 54.4. The van der Waals surface area contributed by atoms with Crippen molar-refractivity contribution in [2.24, 2.45) is 0 Å². The molecule has 3 rings (SSSR count). The van der Waals surface area contributed by atoms with Gasteiger partial charge in [-0.2, -0.15) is 0 Å². The second-order valence-corrected chi connectivity index (χ2v) is 8.14. The molecule has 0 unspecified atom stereocenters. The van der Waals surface area contributed by atoms with Gasteiger partial charge in [-0.25, -0.2) is 13.2 Å². The summed E-state index contributed by atoms with van der Waals surface area (Å²) in [6.07, 6.45) is 3.28. The number of aliphatic hydroxyl groups is 1. The first-order chi connectivity index (χ1) is 15.8. The van der Waals surface area contributed by atoms with Crippen molar-refractivity contribution in [3.05, 3.63) is 90.0 Å². The second-order valence-electron chi connectivity index (χ2n) is 8.14. The van der Waals surface area contributed by atoms with Crippen LogP contribution in [0.1, 0.15) is 44.1 Å². The van der Waals surface area contributed by atoms with Crippen LogP contribution in [0.25, 0.3) is 11.1 Å². The van der Waals surface area contributed by atoms with Crippen LogP contribution in [-0.2, 0) is 4.74 Å². The molecule has 0 amide bonds. The average Bonchev–Trinajstić information content (AvgIpc) is 2.80. The largest absolute Gasteiger partial charge is 0.494 e. The monoisotopic (exact) mass is 458 g/mol. The number of allylic oxidation sites excluding steroid dienone is 1. The van der Waals surface area contributed by atoms with Crippen LogP contribution in [-0.4, -0.2) is 24.4 Å². The molecule has 1 saturated carbocycles. The summed E-state index contributed by atoms with van der Waals surface area (Å²) in [7, 11) is 0. The number of ether oxygens (including phenoxy) is 2. The maximum Gasteiger partial charge on any atom is 0.166 e. The number of aliphatic hydroxyl groups excluding tert-OH is 1. The highest BCUT2D eigenvalue weighted by molar-refractivity contribution is 5.65. The van der Waals surface area contributed by atoms with E-state index in [1.807, 2.05) is 0 Å². The lowest BCUT2D eigenvalue weighted by molar-refractivity contribution is 0.122. The zero-order valence-electron chi connectivity index (χ0n) is 18.8. The van der Waals surface area contributed by atoms with Crippen molar-refractivity contribution in [2.45, 2.75) is 44.6 Å². The van der Waals surface area contributed by atoms with Gasteiger partial charge in [0, 0.05) is 17.2 Å². The van der Waals surface area contributed by atoms with E-state index < -0.39 is 17.5 Å². The highest BCUT2D eigenvalue weighted by Crippen LogP contribution is 2.37. The van der Waals surface area contributed by atoms with E-state index in [0.717, 1.165) is 6.08 Å². The Morgan fingerprint density at radius 1 is 1.03 bits per heavy atom. The van der Waals surface area contributed by atoms with E-state index in [0.29, 0.717) is 49.2 Å². The first-order valence-electron chi connectivity index (χ1n) is 11.1. The highest BCUT2D eigenvalue weighted by Gasteiger charge is 2.25. The van der Waals surface area contributed by atoms with Gasteiger partial charge in [0.15, 0.2) is 11.6 Å². The molecule has 0 bridgehead atoms. The van der Waals surface area contributed by atoms with Crippen molar-refractivity contribution in [1.29, 1.82) is 0 Å². The summed E-state index contributed by atoms with van der Waals surface area (Å²) in [6, 6.07) is 9.68. The van der Waals surface area contributed by atoms with E-state index in [4.69, 9.17) is 9.47 Å². The number of hydrogen-bond donors (Lipinski definition) is 1. The van der Waals surface area contributed by atoms with Crippen LogP contribution in [0, 0.1) is 11.6 Å². The van der Waals surface area contributed by atoms with Gasteiger partial charge in [0.25, 0.3) is 0 Å². The van der Waals surface area contributed by atoms with E-state index in [9.17, 15) is 18.3 Å². The summed E-state index contributed by atoms with van der Waals surface area (Å²) in [5.74, 6) is -1.75. The van der Waals surface area contributed by atoms with Crippen molar-refractivity contribution in [1.82, 2.24) is 0 Å². The van der Waals surface area contributed by atoms with Crippen molar-refractivity contribution >= 4 is 0 Å². The SMILES string of the molecule is C=C(/C=C(/F)C(=C)COc1ccc(-c2ccc(C3CCC(O)CC3)c(F)c2F)cc1)OCC. The van der Waals surface area contributed by atoms with Crippen LogP contribution in [0.2, 0.25) is 0 Å².